The number of nitrogens with zero attached hydrogens (tertiary/aromatic N) is 2. The van der Waals surface area contributed by atoms with E-state index in [0.29, 0.717) is 5.92 Å². The predicted molar refractivity (Wildman–Crippen MR) is 77.7 cm³/mol. The lowest BCUT2D eigenvalue weighted by molar-refractivity contribution is 0.426. The van der Waals surface area contributed by atoms with E-state index in [1.165, 1.54) is 17.0 Å². The van der Waals surface area contributed by atoms with Crippen molar-refractivity contribution in [3.63, 3.8) is 0 Å². The molecule has 2 aromatic carbocycles. The minimum Gasteiger partial charge on any atom is -0.355 e. The van der Waals surface area contributed by atoms with Gasteiger partial charge >= 0.3 is 0 Å². The van der Waals surface area contributed by atoms with Crippen LogP contribution in [0.15, 0.2) is 59.6 Å². The molecule has 0 amide bonds. The lowest BCUT2D eigenvalue weighted by atomic mass is 9.98. The maximum atomic E-state index is 4.83. The lowest BCUT2D eigenvalue weighted by Gasteiger charge is -2.24. The smallest absolute Gasteiger partial charge is 0.106 e. The SMILES string of the molecule is c1ccc(C2CC3=Nc4ccccc4CN3C2)cc1. The van der Waals surface area contributed by atoms with Gasteiger partial charge in [0, 0.05) is 25.4 Å². The van der Waals surface area contributed by atoms with E-state index in [0.717, 1.165) is 25.2 Å². The summed E-state index contributed by atoms with van der Waals surface area (Å²) in [6.07, 6.45) is 1.07. The molecule has 2 aliphatic rings. The van der Waals surface area contributed by atoms with Crippen LogP contribution < -0.4 is 0 Å². The monoisotopic (exact) mass is 248 g/mol. The topological polar surface area (TPSA) is 15.6 Å². The maximum Gasteiger partial charge on any atom is 0.106 e. The van der Waals surface area contributed by atoms with Gasteiger partial charge in [0.05, 0.1) is 5.69 Å². The van der Waals surface area contributed by atoms with Gasteiger partial charge in [-0.3, -0.25) is 0 Å². The van der Waals surface area contributed by atoms with Gasteiger partial charge in [0.1, 0.15) is 5.84 Å². The summed E-state index contributed by atoms with van der Waals surface area (Å²) in [5.74, 6) is 1.85. The molecule has 0 radical (unpaired) electrons. The molecule has 94 valence electrons. The van der Waals surface area contributed by atoms with Gasteiger partial charge < -0.3 is 4.90 Å². The van der Waals surface area contributed by atoms with Crippen molar-refractivity contribution in [3.05, 3.63) is 65.7 Å². The summed E-state index contributed by atoms with van der Waals surface area (Å²) in [5, 5.41) is 0. The molecule has 0 aliphatic carbocycles. The molecule has 1 unspecified atom stereocenters. The maximum absolute atomic E-state index is 4.83. The molecule has 0 aromatic heterocycles. The Hall–Kier alpha value is -2.09. The fourth-order valence-electron chi connectivity index (χ4n) is 3.10. The minimum atomic E-state index is 0.592. The Bertz CT molecular complexity index is 631. The van der Waals surface area contributed by atoms with E-state index in [4.69, 9.17) is 4.99 Å². The summed E-state index contributed by atoms with van der Waals surface area (Å²) in [4.78, 5) is 7.26. The fourth-order valence-corrected chi connectivity index (χ4v) is 3.10. The zero-order valence-corrected chi connectivity index (χ0v) is 10.8. The first-order chi connectivity index (χ1) is 9.40. The quantitative estimate of drug-likeness (QED) is 0.751. The molecule has 2 aliphatic heterocycles. The van der Waals surface area contributed by atoms with E-state index in [1.54, 1.807) is 0 Å². The third-order valence-electron chi connectivity index (χ3n) is 4.11. The van der Waals surface area contributed by atoms with Gasteiger partial charge in [-0.1, -0.05) is 48.5 Å². The summed E-state index contributed by atoms with van der Waals surface area (Å²) in [5.41, 5.74) is 3.94. The first-order valence-electron chi connectivity index (χ1n) is 6.85. The second-order valence-corrected chi connectivity index (χ2v) is 5.35. The molecular weight excluding hydrogens is 232 g/mol. The van der Waals surface area contributed by atoms with Crippen LogP contribution >= 0.6 is 0 Å². The van der Waals surface area contributed by atoms with Crippen molar-refractivity contribution in [2.45, 2.75) is 18.9 Å². The number of hydrogen-bond acceptors (Lipinski definition) is 2. The second kappa shape index (κ2) is 4.23. The number of hydrogen-bond donors (Lipinski definition) is 0. The Labute approximate surface area is 113 Å². The number of para-hydroxylation sites is 1. The Morgan fingerprint density at radius 3 is 2.63 bits per heavy atom. The van der Waals surface area contributed by atoms with Crippen LogP contribution in [0.4, 0.5) is 5.69 Å². The zero-order chi connectivity index (χ0) is 12.7. The summed E-state index contributed by atoms with van der Waals surface area (Å²) >= 11 is 0. The molecular formula is C17H16N2. The molecule has 4 rings (SSSR count). The van der Waals surface area contributed by atoms with Crippen LogP contribution in [0.25, 0.3) is 0 Å². The van der Waals surface area contributed by atoms with E-state index in [-0.39, 0.29) is 0 Å². The highest BCUT2D eigenvalue weighted by Crippen LogP contribution is 2.35. The predicted octanol–water partition coefficient (Wildman–Crippen LogP) is 3.72. The number of aliphatic imine (C=N–C) groups is 1. The lowest BCUT2D eigenvalue weighted by Crippen LogP contribution is -2.27. The molecule has 1 fully saturated rings. The number of fused-ring (bicyclic) bond motifs is 2. The molecule has 2 nitrogen and oxygen atoms in total. The average Bonchev–Trinajstić information content (AvgIpc) is 2.88. The molecule has 2 heterocycles. The summed E-state index contributed by atoms with van der Waals surface area (Å²) in [6.45, 7) is 2.11. The second-order valence-electron chi connectivity index (χ2n) is 5.35. The highest BCUT2D eigenvalue weighted by Gasteiger charge is 2.31. The van der Waals surface area contributed by atoms with Crippen molar-refractivity contribution in [2.24, 2.45) is 4.99 Å². The van der Waals surface area contributed by atoms with Gasteiger partial charge in [-0.2, -0.15) is 0 Å². The molecule has 1 atom stereocenters. The van der Waals surface area contributed by atoms with Crippen molar-refractivity contribution < 1.29 is 0 Å². The summed E-state index contributed by atoms with van der Waals surface area (Å²) < 4.78 is 0. The molecule has 1 saturated heterocycles. The Morgan fingerprint density at radius 2 is 1.74 bits per heavy atom. The third kappa shape index (κ3) is 1.84. The van der Waals surface area contributed by atoms with Gasteiger partial charge in [-0.05, 0) is 17.2 Å². The van der Waals surface area contributed by atoms with Crippen molar-refractivity contribution in [1.29, 1.82) is 0 Å². The number of rotatable bonds is 1. The van der Waals surface area contributed by atoms with Gasteiger partial charge in [0.25, 0.3) is 0 Å². The largest absolute Gasteiger partial charge is 0.355 e. The van der Waals surface area contributed by atoms with E-state index in [9.17, 15) is 0 Å². The van der Waals surface area contributed by atoms with Crippen LogP contribution in [-0.4, -0.2) is 17.3 Å². The van der Waals surface area contributed by atoms with Gasteiger partial charge in [0.15, 0.2) is 0 Å². The van der Waals surface area contributed by atoms with Crippen LogP contribution in [0.3, 0.4) is 0 Å². The highest BCUT2D eigenvalue weighted by molar-refractivity contribution is 5.89. The first kappa shape index (κ1) is 10.8. The van der Waals surface area contributed by atoms with Gasteiger partial charge in [-0.15, -0.1) is 0 Å². The van der Waals surface area contributed by atoms with Crippen LogP contribution in [-0.2, 0) is 6.54 Å². The zero-order valence-electron chi connectivity index (χ0n) is 10.8. The van der Waals surface area contributed by atoms with Crippen molar-refractivity contribution in [2.75, 3.05) is 6.54 Å². The average molecular weight is 248 g/mol. The Morgan fingerprint density at radius 1 is 0.947 bits per heavy atom. The third-order valence-corrected chi connectivity index (χ3v) is 4.11. The van der Waals surface area contributed by atoms with Crippen molar-refractivity contribution >= 4 is 11.5 Å². The summed E-state index contributed by atoms with van der Waals surface area (Å²) in [7, 11) is 0. The number of benzene rings is 2. The van der Waals surface area contributed by atoms with Crippen LogP contribution in [0, 0.1) is 0 Å². The molecule has 2 aromatic rings. The van der Waals surface area contributed by atoms with E-state index in [1.807, 2.05) is 0 Å². The fraction of sp³-hybridized carbons (Fsp3) is 0.235. The highest BCUT2D eigenvalue weighted by atomic mass is 15.2. The molecule has 0 N–H and O–H groups in total. The molecule has 19 heavy (non-hydrogen) atoms. The summed E-state index contributed by atoms with van der Waals surface area (Å²) in [6, 6.07) is 19.3. The van der Waals surface area contributed by atoms with Crippen molar-refractivity contribution in [1.82, 2.24) is 4.90 Å². The van der Waals surface area contributed by atoms with Gasteiger partial charge in [-0.25, -0.2) is 4.99 Å². The van der Waals surface area contributed by atoms with E-state index < -0.39 is 0 Å². The first-order valence-corrected chi connectivity index (χ1v) is 6.85. The van der Waals surface area contributed by atoms with Crippen LogP contribution in [0.2, 0.25) is 0 Å². The number of amidine groups is 1. The molecule has 2 heteroatoms. The Balaban J connectivity index is 1.65. The van der Waals surface area contributed by atoms with Crippen LogP contribution in [0.5, 0.6) is 0 Å². The standard InChI is InChI=1S/C17H16N2/c1-2-6-13(7-3-1)15-10-17-18-16-9-5-4-8-14(16)11-19(17)12-15/h1-9,15H,10-12H2. The van der Waals surface area contributed by atoms with Crippen LogP contribution in [0.1, 0.15) is 23.5 Å². The normalized spacial score (nSPS) is 20.7. The van der Waals surface area contributed by atoms with Gasteiger partial charge in [0.2, 0.25) is 0 Å². The van der Waals surface area contributed by atoms with E-state index >= 15 is 0 Å². The van der Waals surface area contributed by atoms with E-state index in [2.05, 4.69) is 59.5 Å². The molecule has 0 spiro atoms. The van der Waals surface area contributed by atoms with Crippen molar-refractivity contribution in [3.8, 4) is 0 Å². The minimum absolute atomic E-state index is 0.592. The Kier molecular flexibility index (Phi) is 2.41. The molecule has 0 bridgehead atoms. The molecule has 0 saturated carbocycles.